The fraction of sp³-hybridized carbons (Fsp3) is 1.00. The van der Waals surface area contributed by atoms with E-state index in [2.05, 4.69) is 7.28 Å². The first kappa shape index (κ1) is 14.7. The molecule has 2 radical (unpaired) electrons. The van der Waals surface area contributed by atoms with E-state index in [-0.39, 0.29) is 18.9 Å². The van der Waals surface area contributed by atoms with E-state index < -0.39 is 0 Å². The predicted octanol–water partition coefficient (Wildman–Crippen LogP) is 1.98. The van der Waals surface area contributed by atoms with Crippen LogP contribution >= 0.6 is 0 Å². The van der Waals surface area contributed by atoms with E-state index in [0.717, 1.165) is 11.6 Å². The van der Waals surface area contributed by atoms with Crippen molar-refractivity contribution in [1.82, 2.24) is 0 Å². The molecule has 0 nitrogen and oxygen atoms in total. The first-order valence-corrected chi connectivity index (χ1v) is 7.30. The molecule has 2 aliphatic carbocycles. The Bertz CT molecular complexity index is 138. The van der Waals surface area contributed by atoms with E-state index in [9.17, 15) is 0 Å². The molecule has 0 aromatic carbocycles. The molecule has 0 amide bonds. The topological polar surface area (TPSA) is 0 Å². The van der Waals surface area contributed by atoms with Gasteiger partial charge in [0.1, 0.15) is 0 Å². The Hall–Kier alpha value is 0.662. The summed E-state index contributed by atoms with van der Waals surface area (Å²) in [5, 5.41) is 0. The molecule has 2 rings (SSSR count). The zero-order valence-corrected chi connectivity index (χ0v) is 11.2. The molecule has 0 saturated heterocycles. The Balaban J connectivity index is 0.00000128. The largest absolute Gasteiger partial charge is 1.00 e. The summed E-state index contributed by atoms with van der Waals surface area (Å²) in [6.45, 7) is 0. The van der Waals surface area contributed by atoms with Crippen molar-refractivity contribution in [1.29, 1.82) is 0 Å². The van der Waals surface area contributed by atoms with Gasteiger partial charge in [-0.2, -0.15) is 0 Å². The maximum absolute atomic E-state index is 2.76. The summed E-state index contributed by atoms with van der Waals surface area (Å²) in [5.74, 6) is 1.96. The third-order valence-electron chi connectivity index (χ3n) is 4.34. The molecule has 0 heterocycles. The van der Waals surface area contributed by atoms with Crippen molar-refractivity contribution in [3.8, 4) is 0 Å². The number of hydrogen-bond donors (Lipinski definition) is 0. The fourth-order valence-electron chi connectivity index (χ4n) is 3.39. The van der Waals surface area contributed by atoms with Crippen LogP contribution in [0.4, 0.5) is 0 Å². The van der Waals surface area contributed by atoms with Crippen LogP contribution in [-0.2, 0) is 0 Å². The van der Waals surface area contributed by atoms with Gasteiger partial charge in [0.2, 0.25) is 0 Å². The van der Waals surface area contributed by atoms with Gasteiger partial charge in [-0.25, -0.2) is 11.6 Å². The first-order chi connectivity index (χ1) is 7.45. The van der Waals surface area contributed by atoms with Crippen LogP contribution < -0.4 is 18.9 Å². The average molecular weight is 212 g/mol. The Kier molecular flexibility index (Phi) is 8.01. The summed E-state index contributed by atoms with van der Waals surface area (Å²) in [4.78, 5) is 0. The van der Waals surface area contributed by atoms with Crippen LogP contribution in [0.2, 0.25) is 11.6 Å². The van der Waals surface area contributed by atoms with Crippen LogP contribution in [-0.4, -0.2) is 7.28 Å². The van der Waals surface area contributed by atoms with Crippen molar-refractivity contribution in [2.45, 2.75) is 88.7 Å². The Morgan fingerprint density at radius 3 is 1.12 bits per heavy atom. The van der Waals surface area contributed by atoms with Gasteiger partial charge >= 0.3 is 18.9 Å². The molecule has 0 bridgehead atoms. The van der Waals surface area contributed by atoms with Gasteiger partial charge in [-0.1, -0.05) is 77.0 Å². The minimum absolute atomic E-state index is 0. The minimum Gasteiger partial charge on any atom is -0.328 e. The van der Waals surface area contributed by atoms with Crippen LogP contribution in [0.3, 0.4) is 0 Å². The van der Waals surface area contributed by atoms with Gasteiger partial charge in [0, 0.05) is 0 Å². The van der Waals surface area contributed by atoms with Crippen molar-refractivity contribution >= 4 is 7.28 Å². The van der Waals surface area contributed by atoms with Crippen LogP contribution in [0, 0.1) is 0 Å². The molecule has 0 unspecified atom stereocenters. The molecular formula is C14H26BLi. The molecule has 0 atom stereocenters. The van der Waals surface area contributed by atoms with Crippen molar-refractivity contribution in [3.63, 3.8) is 0 Å². The van der Waals surface area contributed by atoms with Crippen molar-refractivity contribution in [2.24, 2.45) is 0 Å². The molecule has 0 aromatic heterocycles. The van der Waals surface area contributed by atoms with Gasteiger partial charge < -0.3 is 7.28 Å². The maximum Gasteiger partial charge on any atom is 1.00 e. The zero-order valence-electron chi connectivity index (χ0n) is 11.2. The van der Waals surface area contributed by atoms with Gasteiger partial charge in [0.15, 0.2) is 0 Å². The predicted molar refractivity (Wildman–Crippen MR) is 68.7 cm³/mol. The van der Waals surface area contributed by atoms with E-state index in [4.69, 9.17) is 0 Å². The molecule has 2 saturated carbocycles. The van der Waals surface area contributed by atoms with E-state index in [1.54, 1.807) is 0 Å². The minimum atomic E-state index is 0. The monoisotopic (exact) mass is 212 g/mol. The molecule has 16 heavy (non-hydrogen) atoms. The second kappa shape index (κ2) is 8.71. The normalized spacial score (nSPS) is 25.5. The summed E-state index contributed by atoms with van der Waals surface area (Å²) in [7, 11) is 2.76. The first-order valence-electron chi connectivity index (χ1n) is 7.30. The molecule has 0 N–H and O–H groups in total. The van der Waals surface area contributed by atoms with Gasteiger partial charge in [0.05, 0.1) is 0 Å². The summed E-state index contributed by atoms with van der Waals surface area (Å²) in [6.07, 6.45) is 17.9. The summed E-state index contributed by atoms with van der Waals surface area (Å²) >= 11 is 0. The second-order valence-corrected chi connectivity index (χ2v) is 5.70. The SMILES string of the molecule is [B-](C1CCCCCC1)C1CCCCCC1.[Li+]. The molecule has 2 fully saturated rings. The summed E-state index contributed by atoms with van der Waals surface area (Å²) in [6, 6.07) is 0. The molecule has 2 heteroatoms. The average Bonchev–Trinajstić information content (AvgIpc) is 2.63. The molecule has 0 aliphatic heterocycles. The van der Waals surface area contributed by atoms with Gasteiger partial charge in [-0.15, -0.1) is 0 Å². The van der Waals surface area contributed by atoms with Crippen molar-refractivity contribution < 1.29 is 18.9 Å². The smallest absolute Gasteiger partial charge is 0.328 e. The van der Waals surface area contributed by atoms with E-state index in [1.165, 1.54) is 77.0 Å². The Morgan fingerprint density at radius 1 is 0.500 bits per heavy atom. The number of hydrogen-bond acceptors (Lipinski definition) is 0. The van der Waals surface area contributed by atoms with E-state index in [1.807, 2.05) is 0 Å². The zero-order chi connectivity index (χ0) is 10.3. The van der Waals surface area contributed by atoms with Gasteiger partial charge in [-0.3, -0.25) is 0 Å². The fourth-order valence-corrected chi connectivity index (χ4v) is 3.39. The van der Waals surface area contributed by atoms with Gasteiger partial charge in [0.25, 0.3) is 0 Å². The van der Waals surface area contributed by atoms with E-state index >= 15 is 0 Å². The Labute approximate surface area is 115 Å². The molecular weight excluding hydrogens is 186 g/mol. The second-order valence-electron chi connectivity index (χ2n) is 5.70. The molecule has 0 spiro atoms. The van der Waals surface area contributed by atoms with Crippen molar-refractivity contribution in [2.75, 3.05) is 0 Å². The quantitative estimate of drug-likeness (QED) is 0.485. The van der Waals surface area contributed by atoms with Crippen LogP contribution in [0.25, 0.3) is 0 Å². The van der Waals surface area contributed by atoms with Crippen LogP contribution in [0.15, 0.2) is 0 Å². The molecule has 0 aromatic rings. The number of rotatable bonds is 2. The third-order valence-corrected chi connectivity index (χ3v) is 4.34. The van der Waals surface area contributed by atoms with Crippen molar-refractivity contribution in [3.05, 3.63) is 0 Å². The third kappa shape index (κ3) is 5.33. The Morgan fingerprint density at radius 2 is 0.812 bits per heavy atom. The molecule has 86 valence electrons. The maximum atomic E-state index is 2.76. The van der Waals surface area contributed by atoms with E-state index in [0.29, 0.717) is 0 Å². The molecule has 2 aliphatic rings. The van der Waals surface area contributed by atoms with Gasteiger partial charge in [-0.05, 0) is 0 Å². The summed E-state index contributed by atoms with van der Waals surface area (Å²) < 4.78 is 0. The van der Waals surface area contributed by atoms with Crippen LogP contribution in [0.1, 0.15) is 77.0 Å². The standard InChI is InChI=1S/C14H26B.Li/c1-2-6-10-13(9-5-1)15-14-11-7-3-4-8-12-14;/h13-14H,1-12H2;/q-1;+1. The van der Waals surface area contributed by atoms with Crippen LogP contribution in [0.5, 0.6) is 0 Å². The summed E-state index contributed by atoms with van der Waals surface area (Å²) in [5.41, 5.74) is 0.